The molecule has 0 aromatic heterocycles. The Bertz CT molecular complexity index is 603. The average Bonchev–Trinajstić information content (AvgIpc) is 2.66. The van der Waals surface area contributed by atoms with E-state index < -0.39 is 0 Å². The average molecular weight is 361 g/mol. The fourth-order valence-corrected chi connectivity index (χ4v) is 4.58. The van der Waals surface area contributed by atoms with Gasteiger partial charge in [0.05, 0.1) is 33.3 Å². The van der Waals surface area contributed by atoms with Crippen LogP contribution in [0.1, 0.15) is 27.2 Å². The van der Waals surface area contributed by atoms with Crippen molar-refractivity contribution in [3.8, 4) is 5.75 Å². The molecule has 2 heterocycles. The number of nitrogens with zero attached hydrogens (tertiary/aromatic N) is 2. The van der Waals surface area contributed by atoms with Gasteiger partial charge in [-0.15, -0.1) is 0 Å². The number of piperidine rings is 1. The minimum absolute atomic E-state index is 0.0555. The zero-order valence-corrected chi connectivity index (χ0v) is 16.7. The van der Waals surface area contributed by atoms with Crippen LogP contribution in [0.4, 0.5) is 5.69 Å². The Kier molecular flexibility index (Phi) is 6.07. The van der Waals surface area contributed by atoms with Crippen molar-refractivity contribution < 1.29 is 14.4 Å². The molecule has 1 aromatic carbocycles. The lowest BCUT2D eigenvalue weighted by Crippen LogP contribution is -3.19. The first-order valence-corrected chi connectivity index (χ1v) is 10.00. The lowest BCUT2D eigenvalue weighted by molar-refractivity contribution is -0.915. The molecule has 5 nitrogen and oxygen atoms in total. The van der Waals surface area contributed by atoms with Gasteiger partial charge in [0, 0.05) is 24.8 Å². The van der Waals surface area contributed by atoms with Gasteiger partial charge in [-0.25, -0.2) is 0 Å². The Morgan fingerprint density at radius 2 is 1.85 bits per heavy atom. The van der Waals surface area contributed by atoms with Crippen LogP contribution in [-0.4, -0.2) is 63.2 Å². The summed E-state index contributed by atoms with van der Waals surface area (Å²) >= 11 is 0. The quantitative estimate of drug-likeness (QED) is 0.879. The number of quaternary nitrogens is 1. The van der Waals surface area contributed by atoms with E-state index in [1.165, 1.54) is 17.0 Å². The molecule has 0 saturated carbocycles. The largest absolute Gasteiger partial charge is 0.497 e. The molecule has 0 radical (unpaired) electrons. The number of rotatable bonds is 4. The number of carbonyl (C=O) groups is 1. The van der Waals surface area contributed by atoms with Crippen molar-refractivity contribution in [3.05, 3.63) is 24.3 Å². The summed E-state index contributed by atoms with van der Waals surface area (Å²) in [7, 11) is 1.71. The summed E-state index contributed by atoms with van der Waals surface area (Å²) in [5, 5.41) is 0. The zero-order valence-electron chi connectivity index (χ0n) is 16.7. The van der Waals surface area contributed by atoms with Gasteiger partial charge in [0.15, 0.2) is 6.04 Å². The van der Waals surface area contributed by atoms with Gasteiger partial charge in [0.2, 0.25) is 0 Å². The second-order valence-corrected chi connectivity index (χ2v) is 8.26. The molecule has 5 heteroatoms. The minimum atomic E-state index is 0.0555. The molecule has 0 bridgehead atoms. The van der Waals surface area contributed by atoms with Gasteiger partial charge in [0.25, 0.3) is 5.91 Å². The summed E-state index contributed by atoms with van der Waals surface area (Å²) in [6.07, 6.45) is 1.24. The highest BCUT2D eigenvalue weighted by atomic mass is 16.5. The third-order valence-corrected chi connectivity index (χ3v) is 5.99. The first kappa shape index (κ1) is 19.0. The van der Waals surface area contributed by atoms with E-state index in [1.807, 2.05) is 12.1 Å². The van der Waals surface area contributed by atoms with Crippen molar-refractivity contribution in [2.75, 3.05) is 51.3 Å². The highest BCUT2D eigenvalue weighted by Crippen LogP contribution is 2.22. The number of nitrogens with one attached hydrogen (secondary N) is 1. The molecule has 1 amide bonds. The van der Waals surface area contributed by atoms with Crippen molar-refractivity contribution in [1.29, 1.82) is 0 Å². The fourth-order valence-electron chi connectivity index (χ4n) is 4.58. The lowest BCUT2D eigenvalue weighted by atomic mass is 9.91. The van der Waals surface area contributed by atoms with Gasteiger partial charge < -0.3 is 19.4 Å². The number of hydrogen-bond acceptors (Lipinski definition) is 3. The molecule has 3 atom stereocenters. The second kappa shape index (κ2) is 8.30. The zero-order chi connectivity index (χ0) is 18.7. The van der Waals surface area contributed by atoms with E-state index in [4.69, 9.17) is 4.74 Å². The number of amides is 1. The molecular weight excluding hydrogens is 326 g/mol. The third-order valence-electron chi connectivity index (χ3n) is 5.99. The molecule has 2 fully saturated rings. The molecule has 0 spiro atoms. The molecule has 0 unspecified atom stereocenters. The molecule has 26 heavy (non-hydrogen) atoms. The highest BCUT2D eigenvalue weighted by molar-refractivity contribution is 5.80. The van der Waals surface area contributed by atoms with Crippen LogP contribution >= 0.6 is 0 Å². The smallest absolute Gasteiger partial charge is 0.280 e. The van der Waals surface area contributed by atoms with Gasteiger partial charge >= 0.3 is 0 Å². The van der Waals surface area contributed by atoms with Gasteiger partial charge in [-0.3, -0.25) is 4.79 Å². The summed E-state index contributed by atoms with van der Waals surface area (Å²) in [6, 6.07) is 8.30. The number of hydrogen-bond donors (Lipinski definition) is 1. The summed E-state index contributed by atoms with van der Waals surface area (Å²) in [5.41, 5.74) is 1.21. The third kappa shape index (κ3) is 4.32. The SMILES string of the molecule is COc1cccc(N2CC[NH+]([C@H](C)C(=O)N3C[C@@H](C)C[C@H](C)C3)CC2)c1. The molecule has 1 aromatic rings. The van der Waals surface area contributed by atoms with E-state index in [0.717, 1.165) is 45.0 Å². The maximum absolute atomic E-state index is 13.0. The van der Waals surface area contributed by atoms with Crippen LogP contribution < -0.4 is 14.5 Å². The number of carbonyl (C=O) groups excluding carboxylic acids is 1. The molecule has 2 aliphatic heterocycles. The molecular formula is C21H34N3O2+. The fraction of sp³-hybridized carbons (Fsp3) is 0.667. The van der Waals surface area contributed by atoms with Crippen LogP contribution in [0.2, 0.25) is 0 Å². The summed E-state index contributed by atoms with van der Waals surface area (Å²) in [4.78, 5) is 18.9. The Morgan fingerprint density at radius 3 is 2.46 bits per heavy atom. The molecule has 1 N–H and O–H groups in total. The van der Waals surface area contributed by atoms with Crippen LogP contribution in [0.25, 0.3) is 0 Å². The van der Waals surface area contributed by atoms with Crippen LogP contribution in [0.15, 0.2) is 24.3 Å². The summed E-state index contributed by atoms with van der Waals surface area (Å²) < 4.78 is 5.34. The Hall–Kier alpha value is -1.75. The summed E-state index contributed by atoms with van der Waals surface area (Å²) in [6.45, 7) is 12.5. The van der Waals surface area contributed by atoms with Crippen molar-refractivity contribution in [1.82, 2.24) is 4.90 Å². The van der Waals surface area contributed by atoms with Gasteiger partial charge in [-0.2, -0.15) is 0 Å². The maximum atomic E-state index is 13.0. The molecule has 0 aliphatic carbocycles. The van der Waals surface area contributed by atoms with E-state index in [0.29, 0.717) is 17.7 Å². The number of methoxy groups -OCH3 is 1. The van der Waals surface area contributed by atoms with E-state index in [9.17, 15) is 4.79 Å². The van der Waals surface area contributed by atoms with E-state index in [2.05, 4.69) is 42.7 Å². The van der Waals surface area contributed by atoms with Gasteiger partial charge in [-0.1, -0.05) is 19.9 Å². The lowest BCUT2D eigenvalue weighted by Gasteiger charge is -2.40. The standard InChI is InChI=1S/C21H33N3O2/c1-16-12-17(2)15-24(14-16)21(25)18(3)22-8-10-23(11-9-22)19-6-5-7-20(13-19)26-4/h5-7,13,16-18H,8-12,14-15H2,1-4H3/p+1/t16-,17-,18+/m0/s1. The first-order valence-electron chi connectivity index (χ1n) is 10.00. The van der Waals surface area contributed by atoms with Gasteiger partial charge in [0.1, 0.15) is 5.75 Å². The first-order chi connectivity index (χ1) is 12.5. The molecule has 2 aliphatic rings. The number of anilines is 1. The number of likely N-dealkylation sites (tertiary alicyclic amines) is 1. The number of ether oxygens (including phenoxy) is 1. The predicted octanol–water partition coefficient (Wildman–Crippen LogP) is 1.29. The molecule has 2 saturated heterocycles. The van der Waals surface area contributed by atoms with Crippen LogP contribution in [-0.2, 0) is 4.79 Å². The van der Waals surface area contributed by atoms with Crippen molar-refractivity contribution >= 4 is 11.6 Å². The van der Waals surface area contributed by atoms with Crippen LogP contribution in [0.5, 0.6) is 5.75 Å². The number of piperazine rings is 1. The molecule has 3 rings (SSSR count). The van der Waals surface area contributed by atoms with E-state index in [-0.39, 0.29) is 6.04 Å². The van der Waals surface area contributed by atoms with Crippen molar-refractivity contribution in [2.45, 2.75) is 33.2 Å². The van der Waals surface area contributed by atoms with E-state index in [1.54, 1.807) is 7.11 Å². The van der Waals surface area contributed by atoms with Crippen LogP contribution in [0.3, 0.4) is 0 Å². The normalized spacial score (nSPS) is 25.8. The minimum Gasteiger partial charge on any atom is -0.497 e. The monoisotopic (exact) mass is 360 g/mol. The Morgan fingerprint density at radius 1 is 1.19 bits per heavy atom. The van der Waals surface area contributed by atoms with Crippen LogP contribution in [0, 0.1) is 11.8 Å². The van der Waals surface area contributed by atoms with Crippen molar-refractivity contribution in [3.63, 3.8) is 0 Å². The summed E-state index contributed by atoms with van der Waals surface area (Å²) in [5.74, 6) is 2.48. The highest BCUT2D eigenvalue weighted by Gasteiger charge is 2.34. The second-order valence-electron chi connectivity index (χ2n) is 8.26. The van der Waals surface area contributed by atoms with Crippen molar-refractivity contribution in [2.24, 2.45) is 11.8 Å². The number of benzene rings is 1. The van der Waals surface area contributed by atoms with E-state index >= 15 is 0 Å². The maximum Gasteiger partial charge on any atom is 0.280 e. The van der Waals surface area contributed by atoms with Gasteiger partial charge in [-0.05, 0) is 37.3 Å². The Balaban J connectivity index is 1.56. The predicted molar refractivity (Wildman–Crippen MR) is 105 cm³/mol. The molecule has 144 valence electrons. The Labute approximate surface area is 157 Å². The topological polar surface area (TPSA) is 37.2 Å².